The normalized spacial score (nSPS) is 19.7. The number of rotatable bonds is 7. The van der Waals surface area contributed by atoms with Crippen molar-refractivity contribution in [2.45, 2.75) is 45.3 Å². The zero-order chi connectivity index (χ0) is 15.2. The molecule has 118 valence electrons. The summed E-state index contributed by atoms with van der Waals surface area (Å²) in [6, 6.07) is 6.64. The topological polar surface area (TPSA) is 24.5 Å². The molecule has 0 amide bonds. The minimum atomic E-state index is 0.287. The standard InChI is InChI=1S/C17H27ClN2O/c1-4-9-19-13(2)16-8-7-14(11-17(16)18)20(3)12-15-6-5-10-21-15/h7-8,11,13,15,19H,4-6,9-10,12H2,1-3H3. The van der Waals surface area contributed by atoms with Gasteiger partial charge >= 0.3 is 0 Å². The molecule has 1 saturated heterocycles. The fourth-order valence-electron chi connectivity index (χ4n) is 2.77. The molecule has 4 heteroatoms. The van der Waals surface area contributed by atoms with E-state index < -0.39 is 0 Å². The molecular formula is C17H27ClN2O. The van der Waals surface area contributed by atoms with E-state index in [1.807, 2.05) is 0 Å². The monoisotopic (exact) mass is 310 g/mol. The SMILES string of the molecule is CCCNC(C)c1ccc(N(C)CC2CCCO2)cc1Cl. The van der Waals surface area contributed by atoms with Crippen LogP contribution in [-0.4, -0.2) is 32.8 Å². The Kier molecular flexibility index (Phi) is 6.34. The molecule has 3 nitrogen and oxygen atoms in total. The highest BCUT2D eigenvalue weighted by molar-refractivity contribution is 6.31. The summed E-state index contributed by atoms with van der Waals surface area (Å²) in [6.07, 6.45) is 3.83. The van der Waals surface area contributed by atoms with Crippen molar-refractivity contribution < 1.29 is 4.74 Å². The van der Waals surface area contributed by atoms with Gasteiger partial charge in [-0.2, -0.15) is 0 Å². The van der Waals surface area contributed by atoms with E-state index in [-0.39, 0.29) is 6.04 Å². The van der Waals surface area contributed by atoms with Gasteiger partial charge in [0, 0.05) is 37.0 Å². The molecule has 1 aliphatic rings. The second-order valence-electron chi connectivity index (χ2n) is 5.90. The lowest BCUT2D eigenvalue weighted by Gasteiger charge is -2.24. The fraction of sp³-hybridized carbons (Fsp3) is 0.647. The van der Waals surface area contributed by atoms with Crippen LogP contribution in [0.3, 0.4) is 0 Å². The highest BCUT2D eigenvalue weighted by Gasteiger charge is 2.18. The highest BCUT2D eigenvalue weighted by atomic mass is 35.5. The predicted molar refractivity (Wildman–Crippen MR) is 90.4 cm³/mol. The van der Waals surface area contributed by atoms with Crippen molar-refractivity contribution in [3.05, 3.63) is 28.8 Å². The summed E-state index contributed by atoms with van der Waals surface area (Å²) in [4.78, 5) is 2.23. The molecule has 1 N–H and O–H groups in total. The molecule has 1 aromatic carbocycles. The van der Waals surface area contributed by atoms with Gasteiger partial charge in [-0.15, -0.1) is 0 Å². The molecule has 0 bridgehead atoms. The Labute approximate surface area is 133 Å². The first kappa shape index (κ1) is 16.6. The van der Waals surface area contributed by atoms with Crippen LogP contribution in [0.1, 0.15) is 44.7 Å². The summed E-state index contributed by atoms with van der Waals surface area (Å²) in [5.41, 5.74) is 2.32. The Balaban J connectivity index is 2.00. The predicted octanol–water partition coefficient (Wildman–Crippen LogP) is 4.02. The number of hydrogen-bond donors (Lipinski definition) is 1. The van der Waals surface area contributed by atoms with Crippen LogP contribution in [0.5, 0.6) is 0 Å². The van der Waals surface area contributed by atoms with Gasteiger partial charge in [-0.1, -0.05) is 24.6 Å². The number of anilines is 1. The molecule has 0 aliphatic carbocycles. The second kappa shape index (κ2) is 8.02. The summed E-state index contributed by atoms with van der Waals surface area (Å²) in [5.74, 6) is 0. The van der Waals surface area contributed by atoms with E-state index in [0.29, 0.717) is 6.10 Å². The van der Waals surface area contributed by atoms with E-state index in [0.717, 1.165) is 43.2 Å². The molecule has 2 atom stereocenters. The largest absolute Gasteiger partial charge is 0.376 e. The third-order valence-corrected chi connectivity index (χ3v) is 4.42. The Morgan fingerprint density at radius 3 is 2.90 bits per heavy atom. The van der Waals surface area contributed by atoms with Crippen LogP contribution in [0.15, 0.2) is 18.2 Å². The maximum absolute atomic E-state index is 6.47. The Morgan fingerprint density at radius 2 is 2.29 bits per heavy atom. The first-order chi connectivity index (χ1) is 10.1. The van der Waals surface area contributed by atoms with Crippen molar-refractivity contribution in [2.24, 2.45) is 0 Å². The zero-order valence-electron chi connectivity index (χ0n) is 13.4. The van der Waals surface area contributed by atoms with Gasteiger partial charge in [0.05, 0.1) is 6.10 Å². The fourth-order valence-corrected chi connectivity index (χ4v) is 3.11. The van der Waals surface area contributed by atoms with E-state index in [9.17, 15) is 0 Å². The number of nitrogens with one attached hydrogen (secondary N) is 1. The summed E-state index contributed by atoms with van der Waals surface area (Å²) in [6.45, 7) is 7.17. The number of nitrogens with zero attached hydrogens (tertiary/aromatic N) is 1. The van der Waals surface area contributed by atoms with Gasteiger partial charge in [0.15, 0.2) is 0 Å². The van der Waals surface area contributed by atoms with Crippen LogP contribution in [0.25, 0.3) is 0 Å². The lowest BCUT2D eigenvalue weighted by Crippen LogP contribution is -2.28. The van der Waals surface area contributed by atoms with Crippen molar-refractivity contribution >= 4 is 17.3 Å². The van der Waals surface area contributed by atoms with Crippen molar-refractivity contribution in [1.82, 2.24) is 5.32 Å². The number of hydrogen-bond acceptors (Lipinski definition) is 3. The number of likely N-dealkylation sites (N-methyl/N-ethyl adjacent to an activating group) is 1. The molecule has 0 saturated carbocycles. The van der Waals surface area contributed by atoms with Crippen LogP contribution < -0.4 is 10.2 Å². The number of benzene rings is 1. The van der Waals surface area contributed by atoms with E-state index in [2.05, 4.69) is 49.3 Å². The van der Waals surface area contributed by atoms with Gasteiger partial charge in [0.2, 0.25) is 0 Å². The van der Waals surface area contributed by atoms with E-state index in [1.165, 1.54) is 12.0 Å². The Hall–Kier alpha value is -0.770. The molecule has 21 heavy (non-hydrogen) atoms. The van der Waals surface area contributed by atoms with Crippen LogP contribution in [-0.2, 0) is 4.74 Å². The molecule has 2 unspecified atom stereocenters. The molecule has 1 aromatic rings. The van der Waals surface area contributed by atoms with Gasteiger partial charge in [0.1, 0.15) is 0 Å². The first-order valence-corrected chi connectivity index (χ1v) is 8.35. The average Bonchev–Trinajstić information content (AvgIpc) is 2.97. The van der Waals surface area contributed by atoms with Gasteiger partial charge in [-0.05, 0) is 50.4 Å². The van der Waals surface area contributed by atoms with Crippen molar-refractivity contribution in [2.75, 3.05) is 31.6 Å². The molecular weight excluding hydrogens is 284 g/mol. The lowest BCUT2D eigenvalue weighted by atomic mass is 10.1. The lowest BCUT2D eigenvalue weighted by molar-refractivity contribution is 0.116. The maximum Gasteiger partial charge on any atom is 0.0750 e. The first-order valence-electron chi connectivity index (χ1n) is 7.97. The Bertz CT molecular complexity index is 446. The maximum atomic E-state index is 6.47. The molecule has 1 aliphatic heterocycles. The molecule has 1 fully saturated rings. The van der Waals surface area contributed by atoms with Gasteiger partial charge in [0.25, 0.3) is 0 Å². The number of ether oxygens (including phenoxy) is 1. The van der Waals surface area contributed by atoms with Crippen LogP contribution in [0.2, 0.25) is 5.02 Å². The molecule has 0 spiro atoms. The second-order valence-corrected chi connectivity index (χ2v) is 6.30. The quantitative estimate of drug-likeness (QED) is 0.823. The van der Waals surface area contributed by atoms with E-state index in [1.54, 1.807) is 0 Å². The van der Waals surface area contributed by atoms with E-state index in [4.69, 9.17) is 16.3 Å². The third-order valence-electron chi connectivity index (χ3n) is 4.09. The van der Waals surface area contributed by atoms with Crippen LogP contribution in [0.4, 0.5) is 5.69 Å². The summed E-state index contributed by atoms with van der Waals surface area (Å²) < 4.78 is 5.70. The van der Waals surface area contributed by atoms with Crippen molar-refractivity contribution in [1.29, 1.82) is 0 Å². The molecule has 0 radical (unpaired) electrons. The highest BCUT2D eigenvalue weighted by Crippen LogP contribution is 2.28. The molecule has 0 aromatic heterocycles. The molecule has 2 rings (SSSR count). The third kappa shape index (κ3) is 4.60. The van der Waals surface area contributed by atoms with Gasteiger partial charge in [-0.3, -0.25) is 0 Å². The molecule has 1 heterocycles. The van der Waals surface area contributed by atoms with Crippen LogP contribution in [0, 0.1) is 0 Å². The number of halogens is 1. The minimum Gasteiger partial charge on any atom is -0.376 e. The van der Waals surface area contributed by atoms with Gasteiger partial charge in [-0.25, -0.2) is 0 Å². The van der Waals surface area contributed by atoms with E-state index >= 15 is 0 Å². The van der Waals surface area contributed by atoms with Gasteiger partial charge < -0.3 is 15.0 Å². The van der Waals surface area contributed by atoms with Crippen LogP contribution >= 0.6 is 11.6 Å². The summed E-state index contributed by atoms with van der Waals surface area (Å²) in [5, 5.41) is 4.31. The smallest absolute Gasteiger partial charge is 0.0750 e. The summed E-state index contributed by atoms with van der Waals surface area (Å²) in [7, 11) is 2.10. The zero-order valence-corrected chi connectivity index (χ0v) is 14.1. The van der Waals surface area contributed by atoms with Crippen molar-refractivity contribution in [3.8, 4) is 0 Å². The minimum absolute atomic E-state index is 0.287. The average molecular weight is 311 g/mol. The van der Waals surface area contributed by atoms with Crippen molar-refractivity contribution in [3.63, 3.8) is 0 Å². The Morgan fingerprint density at radius 1 is 1.48 bits per heavy atom. The summed E-state index contributed by atoms with van der Waals surface area (Å²) >= 11 is 6.47.